The van der Waals surface area contributed by atoms with Gasteiger partial charge in [0.15, 0.2) is 0 Å². The summed E-state index contributed by atoms with van der Waals surface area (Å²) in [5.41, 5.74) is 0. The van der Waals surface area contributed by atoms with Crippen molar-refractivity contribution in [2.45, 2.75) is 11.3 Å². The fraction of sp³-hybridized carbons (Fsp3) is 0.556. The van der Waals surface area contributed by atoms with E-state index in [9.17, 15) is 0 Å². The topological polar surface area (TPSA) is 47.0 Å². The van der Waals surface area contributed by atoms with Crippen molar-refractivity contribution < 1.29 is 4.74 Å². The molecule has 4 nitrogen and oxygen atoms in total. The molecular formula is C9H13Cl2N3OS. The van der Waals surface area contributed by atoms with Crippen molar-refractivity contribution in [2.24, 2.45) is 0 Å². The minimum absolute atomic E-state index is 0.377. The van der Waals surface area contributed by atoms with Gasteiger partial charge < -0.3 is 10.1 Å². The quantitative estimate of drug-likeness (QED) is 0.494. The lowest BCUT2D eigenvalue weighted by Gasteiger charge is -2.07. The molecule has 0 aromatic carbocycles. The molecule has 0 unspecified atom stereocenters. The van der Waals surface area contributed by atoms with Crippen LogP contribution < -0.4 is 5.32 Å². The van der Waals surface area contributed by atoms with E-state index in [2.05, 4.69) is 15.3 Å². The summed E-state index contributed by atoms with van der Waals surface area (Å²) in [6.07, 6.45) is 2.75. The molecule has 0 spiro atoms. The largest absolute Gasteiger partial charge is 0.385 e. The van der Waals surface area contributed by atoms with Gasteiger partial charge in [-0.2, -0.15) is 9.97 Å². The third-order valence-electron chi connectivity index (χ3n) is 1.80. The Hall–Kier alpha value is -0.230. The summed E-state index contributed by atoms with van der Waals surface area (Å²) in [6.45, 7) is 1.41. The van der Waals surface area contributed by atoms with E-state index in [1.165, 1.54) is 11.8 Å². The highest BCUT2D eigenvalue weighted by Gasteiger charge is 2.09. The van der Waals surface area contributed by atoms with E-state index in [1.54, 1.807) is 7.11 Å². The molecule has 1 rings (SSSR count). The maximum atomic E-state index is 5.95. The molecule has 1 heterocycles. The Balaban J connectivity index is 2.61. The number of halogens is 2. The van der Waals surface area contributed by atoms with E-state index in [-0.39, 0.29) is 0 Å². The van der Waals surface area contributed by atoms with Crippen LogP contribution in [0, 0.1) is 0 Å². The van der Waals surface area contributed by atoms with Crippen LogP contribution in [-0.4, -0.2) is 36.5 Å². The lowest BCUT2D eigenvalue weighted by atomic mass is 10.4. The number of thioether (sulfide) groups is 1. The van der Waals surface area contributed by atoms with Gasteiger partial charge in [0.05, 0.1) is 4.90 Å². The van der Waals surface area contributed by atoms with Crippen LogP contribution in [0.3, 0.4) is 0 Å². The lowest BCUT2D eigenvalue weighted by Crippen LogP contribution is -2.08. The fourth-order valence-electron chi connectivity index (χ4n) is 1.06. The van der Waals surface area contributed by atoms with Crippen molar-refractivity contribution in [3.8, 4) is 0 Å². The van der Waals surface area contributed by atoms with E-state index >= 15 is 0 Å². The summed E-state index contributed by atoms with van der Waals surface area (Å²) >= 11 is 13.3. The van der Waals surface area contributed by atoms with Gasteiger partial charge in [-0.1, -0.05) is 23.2 Å². The zero-order chi connectivity index (χ0) is 12.0. The first-order valence-corrected chi connectivity index (χ1v) is 6.67. The van der Waals surface area contributed by atoms with Crippen LogP contribution in [0.5, 0.6) is 0 Å². The molecule has 0 saturated heterocycles. The average molecular weight is 282 g/mol. The molecule has 0 fully saturated rings. The second-order valence-corrected chi connectivity index (χ2v) is 4.47. The number of aromatic nitrogens is 2. The summed E-state index contributed by atoms with van der Waals surface area (Å²) in [5.74, 6) is 0.448. The molecular weight excluding hydrogens is 269 g/mol. The molecule has 7 heteroatoms. The summed E-state index contributed by atoms with van der Waals surface area (Å²) in [6, 6.07) is 0. The Kier molecular flexibility index (Phi) is 6.20. The molecule has 0 amide bonds. The maximum absolute atomic E-state index is 5.95. The summed E-state index contributed by atoms with van der Waals surface area (Å²) in [4.78, 5) is 8.90. The molecule has 1 N–H and O–H groups in total. The Morgan fingerprint density at radius 1 is 1.31 bits per heavy atom. The zero-order valence-corrected chi connectivity index (χ0v) is 11.4. The van der Waals surface area contributed by atoms with E-state index in [0.29, 0.717) is 27.8 Å². The Morgan fingerprint density at radius 2 is 1.94 bits per heavy atom. The summed E-state index contributed by atoms with van der Waals surface area (Å²) in [5, 5.41) is 3.79. The first-order chi connectivity index (χ1) is 7.69. The number of hydrogen-bond acceptors (Lipinski definition) is 5. The summed E-state index contributed by atoms with van der Waals surface area (Å²) in [7, 11) is 1.66. The molecule has 1 aromatic rings. The third kappa shape index (κ3) is 3.97. The van der Waals surface area contributed by atoms with E-state index in [1.807, 2.05) is 6.26 Å². The van der Waals surface area contributed by atoms with Crippen LogP contribution in [0.2, 0.25) is 10.3 Å². The van der Waals surface area contributed by atoms with Gasteiger partial charge in [0.1, 0.15) is 10.3 Å². The molecule has 0 saturated carbocycles. The normalized spacial score (nSPS) is 10.5. The van der Waals surface area contributed by atoms with Crippen LogP contribution in [0.15, 0.2) is 4.90 Å². The average Bonchev–Trinajstić information content (AvgIpc) is 2.24. The number of rotatable bonds is 6. The number of ether oxygens (including phenoxy) is 1. The van der Waals surface area contributed by atoms with Crippen LogP contribution in [-0.2, 0) is 4.74 Å². The highest BCUT2D eigenvalue weighted by atomic mass is 35.5. The molecule has 90 valence electrons. The van der Waals surface area contributed by atoms with Gasteiger partial charge in [0.25, 0.3) is 0 Å². The number of anilines is 1. The van der Waals surface area contributed by atoms with Crippen molar-refractivity contribution in [3.05, 3.63) is 10.3 Å². The van der Waals surface area contributed by atoms with Gasteiger partial charge in [-0.15, -0.1) is 11.8 Å². The van der Waals surface area contributed by atoms with Crippen molar-refractivity contribution in [1.29, 1.82) is 0 Å². The fourth-order valence-corrected chi connectivity index (χ4v) is 2.34. The van der Waals surface area contributed by atoms with Crippen molar-refractivity contribution in [2.75, 3.05) is 31.8 Å². The molecule has 0 radical (unpaired) electrons. The number of nitrogens with zero attached hydrogens (tertiary/aromatic N) is 2. The predicted octanol–water partition coefficient (Wildman–Crippen LogP) is 2.95. The smallest absolute Gasteiger partial charge is 0.225 e. The zero-order valence-electron chi connectivity index (χ0n) is 9.09. The van der Waals surface area contributed by atoms with Crippen molar-refractivity contribution in [3.63, 3.8) is 0 Å². The Labute approximate surface area is 109 Å². The second kappa shape index (κ2) is 7.17. The highest BCUT2D eigenvalue weighted by molar-refractivity contribution is 7.98. The first kappa shape index (κ1) is 13.8. The Bertz CT molecular complexity index is 329. The number of nitrogens with one attached hydrogen (secondary N) is 1. The minimum atomic E-state index is 0.377. The SMILES string of the molecule is COCCCNc1nc(Cl)c(SC)c(Cl)n1. The molecule has 0 aliphatic heterocycles. The van der Waals surface area contributed by atoms with E-state index in [0.717, 1.165) is 13.0 Å². The van der Waals surface area contributed by atoms with Crippen molar-refractivity contribution >= 4 is 40.9 Å². The molecule has 1 aromatic heterocycles. The van der Waals surface area contributed by atoms with E-state index in [4.69, 9.17) is 27.9 Å². The standard InChI is InChI=1S/C9H13Cl2N3OS/c1-15-5-3-4-12-9-13-7(10)6(16-2)8(11)14-9/h3-5H2,1-2H3,(H,12,13,14). The van der Waals surface area contributed by atoms with Crippen LogP contribution in [0.1, 0.15) is 6.42 Å². The van der Waals surface area contributed by atoms with Gasteiger partial charge >= 0.3 is 0 Å². The molecule has 0 bridgehead atoms. The molecule has 0 aliphatic rings. The van der Waals surface area contributed by atoms with E-state index < -0.39 is 0 Å². The maximum Gasteiger partial charge on any atom is 0.225 e. The van der Waals surface area contributed by atoms with Gasteiger partial charge in [-0.25, -0.2) is 0 Å². The van der Waals surface area contributed by atoms with Gasteiger partial charge in [-0.3, -0.25) is 0 Å². The monoisotopic (exact) mass is 281 g/mol. The minimum Gasteiger partial charge on any atom is -0.385 e. The predicted molar refractivity (Wildman–Crippen MR) is 68.8 cm³/mol. The molecule has 0 aliphatic carbocycles. The highest BCUT2D eigenvalue weighted by Crippen LogP contribution is 2.30. The van der Waals surface area contributed by atoms with Gasteiger partial charge in [-0.05, 0) is 12.7 Å². The van der Waals surface area contributed by atoms with Crippen LogP contribution in [0.4, 0.5) is 5.95 Å². The summed E-state index contributed by atoms with van der Waals surface area (Å²) < 4.78 is 4.93. The number of methoxy groups -OCH3 is 1. The molecule has 0 atom stereocenters. The second-order valence-electron chi connectivity index (χ2n) is 2.94. The van der Waals surface area contributed by atoms with Crippen molar-refractivity contribution in [1.82, 2.24) is 9.97 Å². The van der Waals surface area contributed by atoms with Crippen LogP contribution >= 0.6 is 35.0 Å². The first-order valence-electron chi connectivity index (χ1n) is 4.69. The molecule has 16 heavy (non-hydrogen) atoms. The van der Waals surface area contributed by atoms with Gasteiger partial charge in [0, 0.05) is 20.3 Å². The van der Waals surface area contributed by atoms with Crippen LogP contribution in [0.25, 0.3) is 0 Å². The number of hydrogen-bond donors (Lipinski definition) is 1. The lowest BCUT2D eigenvalue weighted by molar-refractivity contribution is 0.197. The third-order valence-corrected chi connectivity index (χ3v) is 3.36. The Morgan fingerprint density at radius 3 is 2.44 bits per heavy atom. The van der Waals surface area contributed by atoms with Gasteiger partial charge in [0.2, 0.25) is 5.95 Å².